The maximum atomic E-state index is 12.5. The summed E-state index contributed by atoms with van der Waals surface area (Å²) in [6.07, 6.45) is 10.1. The number of hydrogen-bond donors (Lipinski definition) is 2. The Morgan fingerprint density at radius 1 is 1.15 bits per heavy atom. The van der Waals surface area contributed by atoms with E-state index in [0.717, 1.165) is 32.5 Å². The number of alkyl halides is 2. The Labute approximate surface area is 198 Å². The summed E-state index contributed by atoms with van der Waals surface area (Å²) in [7, 11) is 0. The fourth-order valence-electron chi connectivity index (χ4n) is 7.59. The first-order valence-electron chi connectivity index (χ1n) is 13.1. The van der Waals surface area contributed by atoms with Crippen molar-refractivity contribution in [3.05, 3.63) is 23.3 Å². The summed E-state index contributed by atoms with van der Waals surface area (Å²) >= 11 is 0. The number of nitrogens with zero attached hydrogens (tertiary/aromatic N) is 1. The number of likely N-dealkylation sites (tertiary alicyclic amines) is 1. The number of aliphatic hydroxyl groups excluding tert-OH is 2. The molecule has 0 unspecified atom stereocenters. The second-order valence-corrected chi connectivity index (χ2v) is 11.5. The number of rotatable bonds is 7. The molecule has 3 saturated carbocycles. The smallest absolute Gasteiger partial charge is 0.261 e. The molecule has 4 aliphatic rings. The fourth-order valence-corrected chi connectivity index (χ4v) is 7.59. The SMILES string of the molecule is C[C@H](CN1CC[C@@H](OCC(F)F)C1)[C@H]1CC[C@H]2/C(=C/C=C3C[C@@H](O)C[C@H](O)C3)CCC[C@]12C. The van der Waals surface area contributed by atoms with Crippen LogP contribution in [0.25, 0.3) is 0 Å². The molecule has 33 heavy (non-hydrogen) atoms. The number of aliphatic hydroxyl groups is 2. The molecule has 0 bridgehead atoms. The molecule has 0 radical (unpaired) electrons. The van der Waals surface area contributed by atoms with Crippen molar-refractivity contribution in [2.45, 2.75) is 96.4 Å². The Hall–Kier alpha value is -0.820. The van der Waals surface area contributed by atoms with Gasteiger partial charge in [-0.3, -0.25) is 0 Å². The largest absolute Gasteiger partial charge is 0.393 e. The van der Waals surface area contributed by atoms with E-state index < -0.39 is 25.2 Å². The van der Waals surface area contributed by atoms with Crippen molar-refractivity contribution in [3.8, 4) is 0 Å². The number of ether oxygens (including phenoxy) is 1. The lowest BCUT2D eigenvalue weighted by molar-refractivity contribution is -0.0207. The maximum absolute atomic E-state index is 12.5. The highest BCUT2D eigenvalue weighted by atomic mass is 19.3. The van der Waals surface area contributed by atoms with Crippen LogP contribution in [-0.4, -0.2) is 66.1 Å². The summed E-state index contributed by atoms with van der Waals surface area (Å²) in [6.45, 7) is 7.19. The molecule has 188 valence electrons. The Bertz CT molecular complexity index is 714. The van der Waals surface area contributed by atoms with E-state index >= 15 is 0 Å². The minimum atomic E-state index is -2.38. The first kappa shape index (κ1) is 25.3. The first-order chi connectivity index (χ1) is 15.7. The van der Waals surface area contributed by atoms with E-state index in [0.29, 0.717) is 42.4 Å². The molecule has 4 fully saturated rings. The molecule has 0 aromatic heterocycles. The number of hydrogen-bond acceptors (Lipinski definition) is 4. The first-order valence-corrected chi connectivity index (χ1v) is 13.1. The predicted molar refractivity (Wildman–Crippen MR) is 126 cm³/mol. The van der Waals surface area contributed by atoms with Gasteiger partial charge >= 0.3 is 0 Å². The van der Waals surface area contributed by atoms with Gasteiger partial charge in [-0.1, -0.05) is 37.1 Å². The highest BCUT2D eigenvalue weighted by Crippen LogP contribution is 2.59. The zero-order valence-corrected chi connectivity index (χ0v) is 20.4. The number of allylic oxidation sites excluding steroid dienone is 3. The third-order valence-electron chi connectivity index (χ3n) is 9.03. The van der Waals surface area contributed by atoms with Crippen LogP contribution in [-0.2, 0) is 4.74 Å². The topological polar surface area (TPSA) is 52.9 Å². The Balaban J connectivity index is 1.36. The van der Waals surface area contributed by atoms with Crippen LogP contribution in [0.1, 0.15) is 71.6 Å². The molecule has 1 aliphatic heterocycles. The summed E-state index contributed by atoms with van der Waals surface area (Å²) in [4.78, 5) is 2.42. The van der Waals surface area contributed by atoms with E-state index in [1.54, 1.807) is 5.57 Å². The van der Waals surface area contributed by atoms with E-state index in [-0.39, 0.29) is 6.10 Å². The second-order valence-electron chi connectivity index (χ2n) is 11.5. The summed E-state index contributed by atoms with van der Waals surface area (Å²) < 4.78 is 30.3. The lowest BCUT2D eigenvalue weighted by Gasteiger charge is -2.45. The van der Waals surface area contributed by atoms with Crippen molar-refractivity contribution in [3.63, 3.8) is 0 Å². The van der Waals surface area contributed by atoms with Gasteiger partial charge in [0.1, 0.15) is 6.61 Å². The minimum absolute atomic E-state index is 0.0489. The molecule has 2 N–H and O–H groups in total. The van der Waals surface area contributed by atoms with Crippen LogP contribution in [0, 0.1) is 23.2 Å². The molecule has 4 nitrogen and oxygen atoms in total. The van der Waals surface area contributed by atoms with Gasteiger partial charge in [0.05, 0.1) is 18.3 Å². The van der Waals surface area contributed by atoms with Gasteiger partial charge in [0.25, 0.3) is 6.43 Å². The fraction of sp³-hybridized carbons (Fsp3) is 0.852. The van der Waals surface area contributed by atoms with Crippen molar-refractivity contribution in [2.75, 3.05) is 26.2 Å². The second kappa shape index (κ2) is 10.8. The van der Waals surface area contributed by atoms with Crippen LogP contribution in [0.15, 0.2) is 23.3 Å². The lowest BCUT2D eigenvalue weighted by atomic mass is 9.61. The average molecular weight is 468 g/mol. The molecule has 0 spiro atoms. The van der Waals surface area contributed by atoms with E-state index in [9.17, 15) is 19.0 Å². The highest BCUT2D eigenvalue weighted by molar-refractivity contribution is 5.26. The van der Waals surface area contributed by atoms with Crippen LogP contribution in [0.4, 0.5) is 8.78 Å². The van der Waals surface area contributed by atoms with Crippen LogP contribution in [0.5, 0.6) is 0 Å². The van der Waals surface area contributed by atoms with Crippen molar-refractivity contribution in [2.24, 2.45) is 23.2 Å². The van der Waals surface area contributed by atoms with Crippen LogP contribution in [0.2, 0.25) is 0 Å². The molecule has 0 amide bonds. The molecule has 4 rings (SSSR count). The molecule has 7 atom stereocenters. The Morgan fingerprint density at radius 3 is 2.64 bits per heavy atom. The molecule has 6 heteroatoms. The summed E-state index contributed by atoms with van der Waals surface area (Å²) in [5, 5.41) is 20.0. The van der Waals surface area contributed by atoms with Crippen LogP contribution < -0.4 is 0 Å². The number of fused-ring (bicyclic) bond motifs is 1. The standard InChI is InChI=1S/C27H43F2NO3/c1-18(15-30-11-9-23(16-30)33-17-26(28)29)24-7-8-25-20(4-3-10-27(24,25)2)6-5-19-12-21(31)14-22(32)13-19/h5-6,18,21-26,31-32H,3-4,7-17H2,1-2H3/b20-6+/t18-,21-,22-,23-,24-,25+,27-/m1/s1. The van der Waals surface area contributed by atoms with Crippen molar-refractivity contribution >= 4 is 0 Å². The zero-order valence-electron chi connectivity index (χ0n) is 20.4. The van der Waals surface area contributed by atoms with Gasteiger partial charge < -0.3 is 19.8 Å². The summed E-state index contributed by atoms with van der Waals surface area (Å²) in [5.74, 6) is 1.88. The van der Waals surface area contributed by atoms with E-state index in [1.165, 1.54) is 31.3 Å². The van der Waals surface area contributed by atoms with Gasteiger partial charge in [-0.25, -0.2) is 8.78 Å². The van der Waals surface area contributed by atoms with Gasteiger partial charge in [-0.2, -0.15) is 0 Å². The minimum Gasteiger partial charge on any atom is -0.393 e. The van der Waals surface area contributed by atoms with E-state index in [1.807, 2.05) is 0 Å². The quantitative estimate of drug-likeness (QED) is 0.556. The van der Waals surface area contributed by atoms with Crippen LogP contribution in [0.3, 0.4) is 0 Å². The van der Waals surface area contributed by atoms with Gasteiger partial charge in [0.2, 0.25) is 0 Å². The molecule has 1 heterocycles. The predicted octanol–water partition coefficient (Wildman–Crippen LogP) is 4.95. The normalized spacial score (nSPS) is 39.9. The maximum Gasteiger partial charge on any atom is 0.261 e. The third kappa shape index (κ3) is 6.06. The van der Waals surface area contributed by atoms with Gasteiger partial charge in [0.15, 0.2) is 0 Å². The van der Waals surface area contributed by atoms with E-state index in [2.05, 4.69) is 30.9 Å². The van der Waals surface area contributed by atoms with Crippen LogP contribution >= 0.6 is 0 Å². The van der Waals surface area contributed by atoms with Crippen molar-refractivity contribution < 1.29 is 23.7 Å². The molecular formula is C27H43F2NO3. The molecule has 3 aliphatic carbocycles. The highest BCUT2D eigenvalue weighted by Gasteiger charge is 2.50. The number of halogens is 2. The Morgan fingerprint density at radius 2 is 1.91 bits per heavy atom. The zero-order chi connectivity index (χ0) is 23.6. The van der Waals surface area contributed by atoms with Gasteiger partial charge in [-0.05, 0) is 81.0 Å². The van der Waals surface area contributed by atoms with Gasteiger partial charge in [-0.15, -0.1) is 0 Å². The molecular weight excluding hydrogens is 424 g/mol. The van der Waals surface area contributed by atoms with Crippen molar-refractivity contribution in [1.29, 1.82) is 0 Å². The molecule has 1 saturated heterocycles. The lowest BCUT2D eigenvalue weighted by Crippen LogP contribution is -2.39. The third-order valence-corrected chi connectivity index (χ3v) is 9.03. The summed E-state index contributed by atoms with van der Waals surface area (Å²) in [6, 6.07) is 0. The van der Waals surface area contributed by atoms with E-state index in [4.69, 9.17) is 4.74 Å². The van der Waals surface area contributed by atoms with Crippen molar-refractivity contribution in [1.82, 2.24) is 4.90 Å². The van der Waals surface area contributed by atoms with Gasteiger partial charge in [0, 0.05) is 19.6 Å². The molecule has 0 aromatic rings. The Kier molecular flexibility index (Phi) is 8.31. The average Bonchev–Trinajstić information content (AvgIpc) is 3.33. The molecule has 0 aromatic carbocycles. The monoisotopic (exact) mass is 467 g/mol. The summed E-state index contributed by atoms with van der Waals surface area (Å²) in [5.41, 5.74) is 3.04.